The molecule has 0 aliphatic rings. The third-order valence-electron chi connectivity index (χ3n) is 13.3. The van der Waals surface area contributed by atoms with Crippen LogP contribution in [0.15, 0.2) is 109 Å². The molecule has 1 N–H and O–H groups in total. The average Bonchev–Trinajstić information content (AvgIpc) is 3.41. The van der Waals surface area contributed by atoms with Gasteiger partial charge in [-0.05, 0) is 83.5 Å². The summed E-state index contributed by atoms with van der Waals surface area (Å²) in [7, 11) is 1.47. The molecule has 448 valence electrons. The number of hydrogen-bond acceptors (Lipinski definition) is 7. The molecule has 0 saturated carbocycles. The normalized spacial score (nSPS) is 14.0. The number of quaternary nitrogens is 1. The quantitative estimate of drug-likeness (QED) is 0.0211. The van der Waals surface area contributed by atoms with E-state index in [0.29, 0.717) is 17.4 Å². The lowest BCUT2D eigenvalue weighted by molar-refractivity contribution is -0.870. The molecule has 10 heteroatoms. The number of esters is 2. The number of allylic oxidation sites excluding steroid dienone is 18. The number of hydrogen-bond donors (Lipinski definition) is 1. The Morgan fingerprint density at radius 3 is 1.09 bits per heavy atom. The van der Waals surface area contributed by atoms with Gasteiger partial charge in [-0.3, -0.25) is 18.6 Å². The van der Waals surface area contributed by atoms with Gasteiger partial charge in [0.1, 0.15) is 19.8 Å². The predicted molar refractivity (Wildman–Crippen MR) is 335 cm³/mol. The first-order valence-corrected chi connectivity index (χ1v) is 33.1. The lowest BCUT2D eigenvalue weighted by Gasteiger charge is -2.24. The third kappa shape index (κ3) is 61.9. The van der Waals surface area contributed by atoms with Crippen molar-refractivity contribution >= 4 is 19.8 Å². The van der Waals surface area contributed by atoms with Crippen LogP contribution in [0.3, 0.4) is 0 Å². The fourth-order valence-corrected chi connectivity index (χ4v) is 9.22. The summed E-state index contributed by atoms with van der Waals surface area (Å²) in [6, 6.07) is 0. The van der Waals surface area contributed by atoms with Gasteiger partial charge in [-0.25, -0.2) is 4.57 Å². The minimum Gasteiger partial charge on any atom is -0.462 e. The van der Waals surface area contributed by atoms with Crippen molar-refractivity contribution in [3.05, 3.63) is 109 Å². The molecule has 9 nitrogen and oxygen atoms in total. The Morgan fingerprint density at radius 1 is 0.410 bits per heavy atom. The first kappa shape index (κ1) is 74.7. The SMILES string of the molecule is CC/C=C\C/C=C\C/C=C\C/C=C\C/C=C\C/C=C\C/C=C\C/C=C\C/C=C\CCCCCCCCCCCC(=O)OC(COC(=O)CCCCCCCCCCCCCCCCCCC)COP(=O)(O)OCC[N+](C)(C)C. The molecule has 0 aromatic carbocycles. The summed E-state index contributed by atoms with van der Waals surface area (Å²) in [5, 5.41) is 0. The molecule has 0 rings (SSSR count). The molecule has 0 saturated heterocycles. The van der Waals surface area contributed by atoms with Crippen molar-refractivity contribution in [1.82, 2.24) is 0 Å². The number of rotatable bonds is 57. The second-order valence-electron chi connectivity index (χ2n) is 22.1. The van der Waals surface area contributed by atoms with Crippen LogP contribution in [0.1, 0.15) is 258 Å². The zero-order chi connectivity index (χ0) is 57.0. The second-order valence-corrected chi connectivity index (χ2v) is 23.5. The van der Waals surface area contributed by atoms with E-state index in [9.17, 15) is 19.0 Å². The van der Waals surface area contributed by atoms with Crippen LogP contribution in [0.5, 0.6) is 0 Å². The van der Waals surface area contributed by atoms with E-state index in [1.165, 1.54) is 122 Å². The number of unbranched alkanes of at least 4 members (excludes halogenated alkanes) is 25. The summed E-state index contributed by atoms with van der Waals surface area (Å²) in [4.78, 5) is 35.7. The molecule has 2 atom stereocenters. The fourth-order valence-electron chi connectivity index (χ4n) is 8.48. The van der Waals surface area contributed by atoms with Gasteiger partial charge < -0.3 is 18.9 Å². The Kier molecular flexibility index (Phi) is 55.8. The minimum atomic E-state index is -4.39. The van der Waals surface area contributed by atoms with Gasteiger partial charge in [-0.1, -0.05) is 271 Å². The van der Waals surface area contributed by atoms with Crippen LogP contribution < -0.4 is 0 Å². The zero-order valence-corrected chi connectivity index (χ0v) is 51.8. The lowest BCUT2D eigenvalue weighted by atomic mass is 10.0. The summed E-state index contributed by atoms with van der Waals surface area (Å²) in [6.07, 6.45) is 81.7. The number of phosphoric ester groups is 1. The highest BCUT2D eigenvalue weighted by Crippen LogP contribution is 2.43. The minimum absolute atomic E-state index is 0.0273. The molecule has 0 radical (unpaired) electrons. The number of phosphoric acid groups is 1. The van der Waals surface area contributed by atoms with Crippen LogP contribution in [0.4, 0.5) is 0 Å². The summed E-state index contributed by atoms with van der Waals surface area (Å²) >= 11 is 0. The van der Waals surface area contributed by atoms with Gasteiger partial charge in [-0.15, -0.1) is 0 Å². The number of ether oxygens (including phenoxy) is 2. The van der Waals surface area contributed by atoms with E-state index in [1.54, 1.807) is 0 Å². The van der Waals surface area contributed by atoms with Gasteiger partial charge in [0.25, 0.3) is 0 Å². The molecule has 0 aliphatic carbocycles. The monoisotopic (exact) mass is 1110 g/mol. The Balaban J connectivity index is 4.12. The predicted octanol–water partition coefficient (Wildman–Crippen LogP) is 20.2. The van der Waals surface area contributed by atoms with E-state index < -0.39 is 26.5 Å². The highest BCUT2D eigenvalue weighted by molar-refractivity contribution is 7.47. The number of likely N-dealkylation sites (N-methyl/N-ethyl adjacent to an activating group) is 1. The van der Waals surface area contributed by atoms with Gasteiger partial charge in [0.15, 0.2) is 6.10 Å². The topological polar surface area (TPSA) is 108 Å². The molecule has 0 fully saturated rings. The molecular formula is C68H119NO8P+. The maximum atomic E-state index is 12.8. The number of carbonyl (C=O) groups excluding carboxylic acids is 2. The number of nitrogens with zero attached hydrogens (tertiary/aromatic N) is 1. The van der Waals surface area contributed by atoms with Crippen LogP contribution in [0, 0.1) is 0 Å². The van der Waals surface area contributed by atoms with Crippen LogP contribution in [-0.2, 0) is 32.7 Å². The summed E-state index contributed by atoms with van der Waals surface area (Å²) in [5.41, 5.74) is 0. The summed E-state index contributed by atoms with van der Waals surface area (Å²) < 4.78 is 34.6. The van der Waals surface area contributed by atoms with E-state index in [4.69, 9.17) is 18.5 Å². The molecule has 0 bridgehead atoms. The van der Waals surface area contributed by atoms with E-state index >= 15 is 0 Å². The molecule has 2 unspecified atom stereocenters. The highest BCUT2D eigenvalue weighted by atomic mass is 31.2. The van der Waals surface area contributed by atoms with E-state index in [2.05, 4.69) is 123 Å². The average molecular weight is 1110 g/mol. The van der Waals surface area contributed by atoms with Crippen LogP contribution >= 0.6 is 7.82 Å². The van der Waals surface area contributed by atoms with Gasteiger partial charge in [0.2, 0.25) is 0 Å². The van der Waals surface area contributed by atoms with E-state index in [-0.39, 0.29) is 32.0 Å². The largest absolute Gasteiger partial charge is 0.472 e. The zero-order valence-electron chi connectivity index (χ0n) is 50.9. The Bertz CT molecular complexity index is 1680. The van der Waals surface area contributed by atoms with Crippen molar-refractivity contribution in [3.63, 3.8) is 0 Å². The summed E-state index contributed by atoms with van der Waals surface area (Å²) in [5.74, 6) is -0.801. The Hall–Kier alpha value is -3.33. The van der Waals surface area contributed by atoms with Gasteiger partial charge in [-0.2, -0.15) is 0 Å². The maximum Gasteiger partial charge on any atom is 0.472 e. The van der Waals surface area contributed by atoms with E-state index in [1.807, 2.05) is 21.1 Å². The molecule has 0 amide bonds. The molecular weight excluding hydrogens is 990 g/mol. The Morgan fingerprint density at radius 2 is 0.731 bits per heavy atom. The first-order valence-electron chi connectivity index (χ1n) is 31.6. The summed E-state index contributed by atoms with van der Waals surface area (Å²) in [6.45, 7) is 4.33. The van der Waals surface area contributed by atoms with Crippen molar-refractivity contribution in [2.24, 2.45) is 0 Å². The lowest BCUT2D eigenvalue weighted by Crippen LogP contribution is -2.37. The van der Waals surface area contributed by atoms with E-state index in [0.717, 1.165) is 103 Å². The van der Waals surface area contributed by atoms with Crippen molar-refractivity contribution in [2.75, 3.05) is 47.5 Å². The van der Waals surface area contributed by atoms with Gasteiger partial charge >= 0.3 is 19.8 Å². The third-order valence-corrected chi connectivity index (χ3v) is 14.3. The Labute approximate surface area is 480 Å². The van der Waals surface area contributed by atoms with Crippen LogP contribution in [0.25, 0.3) is 0 Å². The molecule has 78 heavy (non-hydrogen) atoms. The highest BCUT2D eigenvalue weighted by Gasteiger charge is 2.27. The number of carbonyl (C=O) groups is 2. The first-order chi connectivity index (χ1) is 38.0. The smallest absolute Gasteiger partial charge is 0.462 e. The van der Waals surface area contributed by atoms with Crippen molar-refractivity contribution < 1.29 is 42.1 Å². The van der Waals surface area contributed by atoms with Gasteiger partial charge in [0.05, 0.1) is 27.7 Å². The molecule has 0 spiro atoms. The van der Waals surface area contributed by atoms with Crippen LogP contribution in [-0.4, -0.2) is 74.9 Å². The molecule has 0 heterocycles. The standard InChI is InChI=1S/C68H118NO8P/c1-6-8-10-12-14-16-18-20-22-24-25-26-27-28-29-30-31-32-33-34-35-36-37-38-39-40-41-42-43-45-47-49-51-53-55-57-59-61-68(71)77-66(65-76-78(72,73)75-63-62-69(3,4)5)64-74-67(70)60-58-56-54-52-50-48-46-44-23-21-19-17-15-13-11-9-7-2/h8,10,14,16,20,22,25-26,28-29,31-32,34-35,37-38,40-41,66H,6-7,9,11-13,15,17-19,21,23-24,27,30,33,36,39,42-65H2,1-5H3/p+1/b10-8-,16-14-,22-20-,26-25-,29-28-,32-31-,35-34-,38-37-,41-40-. The van der Waals surface area contributed by atoms with Crippen molar-refractivity contribution in [3.8, 4) is 0 Å². The molecule has 0 aliphatic heterocycles. The molecule has 0 aromatic rings. The van der Waals surface area contributed by atoms with Gasteiger partial charge in [0, 0.05) is 12.8 Å². The second kappa shape index (κ2) is 58.3. The maximum absolute atomic E-state index is 12.8. The van der Waals surface area contributed by atoms with Crippen LogP contribution in [0.2, 0.25) is 0 Å². The molecule has 0 aromatic heterocycles. The van der Waals surface area contributed by atoms with Crippen molar-refractivity contribution in [1.29, 1.82) is 0 Å². The fraction of sp³-hybridized carbons (Fsp3) is 0.706. The van der Waals surface area contributed by atoms with Crippen molar-refractivity contribution in [2.45, 2.75) is 264 Å².